The first-order valence-electron chi connectivity index (χ1n) is 6.96. The number of rotatable bonds is 5. The van der Waals surface area contributed by atoms with Crippen LogP contribution in [0.15, 0.2) is 30.3 Å². The van der Waals surface area contributed by atoms with Gasteiger partial charge in [0, 0.05) is 11.6 Å². The Morgan fingerprint density at radius 2 is 1.90 bits per heavy atom. The molecule has 21 heavy (non-hydrogen) atoms. The van der Waals surface area contributed by atoms with Gasteiger partial charge in [-0.15, -0.1) is 0 Å². The summed E-state index contributed by atoms with van der Waals surface area (Å²) in [6.07, 6.45) is 1.05. The van der Waals surface area contributed by atoms with E-state index in [1.165, 1.54) is 0 Å². The standard InChI is InChI=1S/C15H23N3O2S/c1-4-11(10-15(2,3)20)13(19)17-18-14(21)16-12-8-6-5-7-9-12/h5-9,11,20H,4,10H2,1-3H3,(H,17,19)(H2,16,18,21)/t11-/m1/s1. The molecular weight excluding hydrogens is 286 g/mol. The third kappa shape index (κ3) is 7.06. The van der Waals surface area contributed by atoms with Crippen LogP contribution in [0.3, 0.4) is 0 Å². The fraction of sp³-hybridized carbons (Fsp3) is 0.467. The number of nitrogens with one attached hydrogen (secondary N) is 3. The molecule has 6 heteroatoms. The van der Waals surface area contributed by atoms with Crippen molar-refractivity contribution in [3.8, 4) is 0 Å². The third-order valence-electron chi connectivity index (χ3n) is 2.94. The van der Waals surface area contributed by atoms with Gasteiger partial charge in [0.05, 0.1) is 5.60 Å². The highest BCUT2D eigenvalue weighted by molar-refractivity contribution is 7.80. The van der Waals surface area contributed by atoms with Crippen LogP contribution in [-0.2, 0) is 4.79 Å². The van der Waals surface area contributed by atoms with E-state index in [0.717, 1.165) is 5.69 Å². The van der Waals surface area contributed by atoms with Crippen LogP contribution in [-0.4, -0.2) is 21.7 Å². The van der Waals surface area contributed by atoms with Crippen LogP contribution in [0.25, 0.3) is 0 Å². The smallest absolute Gasteiger partial charge is 0.241 e. The third-order valence-corrected chi connectivity index (χ3v) is 3.14. The van der Waals surface area contributed by atoms with Gasteiger partial charge in [-0.05, 0) is 51.0 Å². The monoisotopic (exact) mass is 309 g/mol. The van der Waals surface area contributed by atoms with Crippen molar-refractivity contribution in [3.63, 3.8) is 0 Å². The molecule has 0 aliphatic carbocycles. The van der Waals surface area contributed by atoms with E-state index in [-0.39, 0.29) is 11.8 Å². The van der Waals surface area contributed by atoms with E-state index in [2.05, 4.69) is 16.2 Å². The Bertz CT molecular complexity index is 472. The quantitative estimate of drug-likeness (QED) is 0.496. The molecule has 0 fully saturated rings. The summed E-state index contributed by atoms with van der Waals surface area (Å²) >= 11 is 5.10. The molecule has 4 N–H and O–H groups in total. The second-order valence-electron chi connectivity index (χ2n) is 5.56. The van der Waals surface area contributed by atoms with Gasteiger partial charge in [0.2, 0.25) is 5.91 Å². The van der Waals surface area contributed by atoms with Gasteiger partial charge in [-0.1, -0.05) is 25.1 Å². The van der Waals surface area contributed by atoms with E-state index < -0.39 is 5.60 Å². The molecule has 0 spiro atoms. The van der Waals surface area contributed by atoms with Crippen LogP contribution in [0.4, 0.5) is 5.69 Å². The van der Waals surface area contributed by atoms with Gasteiger partial charge in [-0.2, -0.15) is 0 Å². The molecule has 0 aliphatic rings. The van der Waals surface area contributed by atoms with E-state index >= 15 is 0 Å². The SMILES string of the molecule is CC[C@H](CC(C)(C)O)C(=O)NNC(=S)Nc1ccccc1. The second kappa shape index (κ2) is 7.95. The van der Waals surface area contributed by atoms with Crippen molar-refractivity contribution < 1.29 is 9.90 Å². The minimum Gasteiger partial charge on any atom is -0.390 e. The lowest BCUT2D eigenvalue weighted by Gasteiger charge is -2.23. The molecule has 5 nitrogen and oxygen atoms in total. The predicted molar refractivity (Wildman–Crippen MR) is 88.6 cm³/mol. The molecule has 0 saturated heterocycles. The van der Waals surface area contributed by atoms with Gasteiger partial charge in [-0.25, -0.2) is 0 Å². The van der Waals surface area contributed by atoms with Gasteiger partial charge < -0.3 is 10.4 Å². The van der Waals surface area contributed by atoms with Crippen LogP contribution in [0.5, 0.6) is 0 Å². The average molecular weight is 309 g/mol. The molecule has 0 aromatic heterocycles. The van der Waals surface area contributed by atoms with Gasteiger partial charge >= 0.3 is 0 Å². The minimum absolute atomic E-state index is 0.183. The lowest BCUT2D eigenvalue weighted by molar-refractivity contribution is -0.127. The second-order valence-corrected chi connectivity index (χ2v) is 5.96. The number of carbonyl (C=O) groups excluding carboxylic acids is 1. The van der Waals surface area contributed by atoms with Crippen molar-refractivity contribution in [3.05, 3.63) is 30.3 Å². The van der Waals surface area contributed by atoms with Crippen LogP contribution in [0.2, 0.25) is 0 Å². The van der Waals surface area contributed by atoms with Gasteiger partial charge in [-0.3, -0.25) is 15.6 Å². The predicted octanol–water partition coefficient (Wildman–Crippen LogP) is 2.19. The highest BCUT2D eigenvalue weighted by atomic mass is 32.1. The molecule has 1 aromatic rings. The summed E-state index contributed by atoms with van der Waals surface area (Å²) in [6.45, 7) is 5.30. The Labute approximate surface area is 131 Å². The number of benzene rings is 1. The summed E-state index contributed by atoms with van der Waals surface area (Å²) in [4.78, 5) is 12.0. The lowest BCUT2D eigenvalue weighted by Crippen LogP contribution is -2.47. The Hall–Kier alpha value is -1.66. The summed E-state index contributed by atoms with van der Waals surface area (Å²) in [5.74, 6) is -0.450. The van der Waals surface area contributed by atoms with E-state index in [1.807, 2.05) is 37.3 Å². The largest absolute Gasteiger partial charge is 0.390 e. The van der Waals surface area contributed by atoms with E-state index in [4.69, 9.17) is 12.2 Å². The topological polar surface area (TPSA) is 73.4 Å². The van der Waals surface area contributed by atoms with Crippen molar-refractivity contribution in [2.75, 3.05) is 5.32 Å². The number of para-hydroxylation sites is 1. The summed E-state index contributed by atoms with van der Waals surface area (Å²) in [5.41, 5.74) is 5.21. The van der Waals surface area contributed by atoms with Crippen LogP contribution >= 0.6 is 12.2 Å². The van der Waals surface area contributed by atoms with Crippen molar-refractivity contribution in [1.29, 1.82) is 0 Å². The van der Waals surface area contributed by atoms with Crippen molar-refractivity contribution in [1.82, 2.24) is 10.9 Å². The van der Waals surface area contributed by atoms with Crippen LogP contribution < -0.4 is 16.2 Å². The maximum Gasteiger partial charge on any atom is 0.241 e. The lowest BCUT2D eigenvalue weighted by atomic mass is 9.91. The summed E-state index contributed by atoms with van der Waals surface area (Å²) < 4.78 is 0. The molecule has 0 aliphatic heterocycles. The zero-order valence-electron chi connectivity index (χ0n) is 12.6. The Morgan fingerprint density at radius 1 is 1.29 bits per heavy atom. The minimum atomic E-state index is -0.874. The number of hydrazine groups is 1. The summed E-state index contributed by atoms with van der Waals surface area (Å²) in [5, 5.41) is 13.1. The highest BCUT2D eigenvalue weighted by Gasteiger charge is 2.24. The number of amides is 1. The number of carbonyl (C=O) groups is 1. The molecule has 1 aromatic carbocycles. The fourth-order valence-electron chi connectivity index (χ4n) is 1.93. The number of aliphatic hydroxyl groups is 1. The summed E-state index contributed by atoms with van der Waals surface area (Å²) in [6, 6.07) is 9.43. The molecule has 0 unspecified atom stereocenters. The normalized spacial score (nSPS) is 12.4. The Balaban J connectivity index is 2.42. The van der Waals surface area contributed by atoms with Crippen molar-refractivity contribution >= 4 is 28.9 Å². The number of thiocarbonyl (C=S) groups is 1. The fourth-order valence-corrected chi connectivity index (χ4v) is 2.10. The number of anilines is 1. The molecule has 1 atom stereocenters. The first kappa shape index (κ1) is 17.4. The maximum atomic E-state index is 12.0. The molecule has 116 valence electrons. The van der Waals surface area contributed by atoms with Crippen LogP contribution in [0, 0.1) is 5.92 Å². The molecule has 0 heterocycles. The first-order chi connectivity index (χ1) is 9.81. The Morgan fingerprint density at radius 3 is 2.43 bits per heavy atom. The molecular formula is C15H23N3O2S. The number of hydrogen-bond donors (Lipinski definition) is 4. The van der Waals surface area contributed by atoms with E-state index in [0.29, 0.717) is 18.0 Å². The van der Waals surface area contributed by atoms with Crippen molar-refractivity contribution in [2.24, 2.45) is 5.92 Å². The van der Waals surface area contributed by atoms with Gasteiger partial charge in [0.1, 0.15) is 0 Å². The number of hydrogen-bond acceptors (Lipinski definition) is 3. The highest BCUT2D eigenvalue weighted by Crippen LogP contribution is 2.18. The molecule has 1 amide bonds. The van der Waals surface area contributed by atoms with Gasteiger partial charge in [0.15, 0.2) is 5.11 Å². The Kier molecular flexibility index (Phi) is 6.58. The van der Waals surface area contributed by atoms with E-state index in [1.54, 1.807) is 13.8 Å². The molecule has 0 radical (unpaired) electrons. The summed E-state index contributed by atoms with van der Waals surface area (Å²) in [7, 11) is 0. The maximum absolute atomic E-state index is 12.0. The van der Waals surface area contributed by atoms with Crippen molar-refractivity contribution in [2.45, 2.75) is 39.2 Å². The zero-order chi connectivity index (χ0) is 15.9. The zero-order valence-corrected chi connectivity index (χ0v) is 13.5. The molecule has 1 rings (SSSR count). The molecule has 0 bridgehead atoms. The van der Waals surface area contributed by atoms with E-state index in [9.17, 15) is 9.90 Å². The first-order valence-corrected chi connectivity index (χ1v) is 7.37. The molecule has 0 saturated carbocycles. The van der Waals surface area contributed by atoms with Crippen LogP contribution in [0.1, 0.15) is 33.6 Å². The average Bonchev–Trinajstić information content (AvgIpc) is 2.42. The van der Waals surface area contributed by atoms with Gasteiger partial charge in [0.25, 0.3) is 0 Å².